The van der Waals surface area contributed by atoms with Gasteiger partial charge in [0.05, 0.1) is 0 Å². The predicted octanol–water partition coefficient (Wildman–Crippen LogP) is 3.34. The van der Waals surface area contributed by atoms with Crippen LogP contribution in [0, 0.1) is 0 Å². The highest BCUT2D eigenvalue weighted by atomic mass is 32.2. The molecule has 0 saturated carbocycles. The van der Waals surface area contributed by atoms with E-state index in [4.69, 9.17) is 0 Å². The van der Waals surface area contributed by atoms with Gasteiger partial charge >= 0.3 is 0 Å². The zero-order valence-corrected chi connectivity index (χ0v) is 12.9. The summed E-state index contributed by atoms with van der Waals surface area (Å²) in [5, 5.41) is 7.59. The number of nitrogens with zero attached hydrogens (tertiary/aromatic N) is 2. The van der Waals surface area contributed by atoms with Gasteiger partial charge in [-0.15, -0.1) is 0 Å². The number of aromatic nitrogens is 2. The lowest BCUT2D eigenvalue weighted by Gasteiger charge is -2.18. The van der Waals surface area contributed by atoms with E-state index in [-0.39, 0.29) is 0 Å². The van der Waals surface area contributed by atoms with Gasteiger partial charge in [0.1, 0.15) is 18.0 Å². The van der Waals surface area contributed by atoms with Crippen LogP contribution in [0.1, 0.15) is 45.1 Å². The van der Waals surface area contributed by atoms with Crippen LogP contribution in [-0.4, -0.2) is 34.1 Å². The van der Waals surface area contributed by atoms with Gasteiger partial charge in [-0.25, -0.2) is 9.97 Å². The van der Waals surface area contributed by atoms with E-state index in [9.17, 15) is 0 Å². The number of nitrogens with one attached hydrogen (secondary N) is 2. The van der Waals surface area contributed by atoms with Crippen LogP contribution in [-0.2, 0) is 0 Å². The van der Waals surface area contributed by atoms with Gasteiger partial charge < -0.3 is 10.6 Å². The number of thioether (sulfide) groups is 1. The Morgan fingerprint density at radius 2 is 2.05 bits per heavy atom. The molecule has 4 nitrogen and oxygen atoms in total. The predicted molar refractivity (Wildman–Crippen MR) is 84.3 cm³/mol. The minimum absolute atomic E-state index is 0.411. The lowest BCUT2D eigenvalue weighted by molar-refractivity contribution is 0.795. The molecule has 1 saturated heterocycles. The van der Waals surface area contributed by atoms with E-state index >= 15 is 0 Å². The lowest BCUT2D eigenvalue weighted by Crippen LogP contribution is -2.17. The Kier molecular flexibility index (Phi) is 5.31. The van der Waals surface area contributed by atoms with Crippen molar-refractivity contribution in [2.45, 2.75) is 44.8 Å². The summed E-state index contributed by atoms with van der Waals surface area (Å²) in [5.41, 5.74) is 1.20. The van der Waals surface area contributed by atoms with E-state index in [1.807, 2.05) is 0 Å². The van der Waals surface area contributed by atoms with Crippen molar-refractivity contribution in [3.05, 3.63) is 11.9 Å². The highest BCUT2D eigenvalue weighted by Gasteiger charge is 2.18. The molecule has 1 atom stereocenters. The van der Waals surface area contributed by atoms with Crippen LogP contribution < -0.4 is 10.6 Å². The molecule has 2 N–H and O–H groups in total. The van der Waals surface area contributed by atoms with Crippen LogP contribution in [0.3, 0.4) is 0 Å². The molecule has 1 aromatic rings. The summed E-state index contributed by atoms with van der Waals surface area (Å²) in [6, 6.07) is 0. The van der Waals surface area contributed by atoms with Gasteiger partial charge in [0.25, 0.3) is 0 Å². The monoisotopic (exact) mass is 280 g/mol. The molecule has 2 rings (SSSR count). The first-order chi connectivity index (χ1) is 9.22. The minimum atomic E-state index is 0.411. The third-order valence-electron chi connectivity index (χ3n) is 3.33. The molecule has 5 heteroatoms. The normalized spacial score (nSPS) is 18.8. The van der Waals surface area contributed by atoms with Gasteiger partial charge in [-0.3, -0.25) is 0 Å². The third-order valence-corrected chi connectivity index (χ3v) is 4.72. The summed E-state index contributed by atoms with van der Waals surface area (Å²) in [7, 11) is 0. The molecule has 2 heterocycles. The Labute approximate surface area is 120 Å². The van der Waals surface area contributed by atoms with E-state index in [1.165, 1.54) is 24.2 Å². The van der Waals surface area contributed by atoms with Crippen molar-refractivity contribution in [2.75, 3.05) is 29.5 Å². The summed E-state index contributed by atoms with van der Waals surface area (Å²) in [4.78, 5) is 8.79. The molecule has 0 bridgehead atoms. The zero-order valence-electron chi connectivity index (χ0n) is 12.1. The zero-order chi connectivity index (χ0) is 13.7. The van der Waals surface area contributed by atoms with Crippen LogP contribution in [0.15, 0.2) is 6.33 Å². The Morgan fingerprint density at radius 1 is 1.32 bits per heavy atom. The van der Waals surface area contributed by atoms with Gasteiger partial charge in [-0.05, 0) is 31.4 Å². The number of anilines is 2. The molecule has 106 valence electrons. The van der Waals surface area contributed by atoms with Gasteiger partial charge in [-0.1, -0.05) is 13.8 Å². The summed E-state index contributed by atoms with van der Waals surface area (Å²) < 4.78 is 0. The van der Waals surface area contributed by atoms with E-state index in [0.29, 0.717) is 5.92 Å². The van der Waals surface area contributed by atoms with Gasteiger partial charge in [0.2, 0.25) is 0 Å². The van der Waals surface area contributed by atoms with Crippen LogP contribution in [0.25, 0.3) is 0 Å². The molecule has 0 spiro atoms. The fourth-order valence-corrected chi connectivity index (χ4v) is 3.61. The van der Waals surface area contributed by atoms with Gasteiger partial charge in [-0.2, -0.15) is 11.8 Å². The van der Waals surface area contributed by atoms with E-state index in [2.05, 4.69) is 53.1 Å². The maximum atomic E-state index is 4.43. The summed E-state index contributed by atoms with van der Waals surface area (Å²) in [6.07, 6.45) is 4.31. The average Bonchev–Trinajstić information content (AvgIpc) is 2.89. The van der Waals surface area contributed by atoms with Crippen molar-refractivity contribution in [1.82, 2.24) is 9.97 Å². The lowest BCUT2D eigenvalue weighted by atomic mass is 10.0. The molecular weight excluding hydrogens is 256 g/mol. The molecule has 19 heavy (non-hydrogen) atoms. The van der Waals surface area contributed by atoms with E-state index in [1.54, 1.807) is 6.33 Å². The number of rotatable bonds is 6. The van der Waals surface area contributed by atoms with Crippen LogP contribution >= 0.6 is 11.8 Å². The van der Waals surface area contributed by atoms with Crippen LogP contribution in [0.4, 0.5) is 11.6 Å². The Hall–Kier alpha value is -0.970. The number of hydrogen-bond acceptors (Lipinski definition) is 5. The largest absolute Gasteiger partial charge is 0.370 e. The fraction of sp³-hybridized carbons (Fsp3) is 0.714. The van der Waals surface area contributed by atoms with Crippen molar-refractivity contribution < 1.29 is 0 Å². The Bertz CT molecular complexity index is 402. The van der Waals surface area contributed by atoms with Crippen molar-refractivity contribution in [3.63, 3.8) is 0 Å². The fourth-order valence-electron chi connectivity index (χ4n) is 2.41. The second-order valence-corrected chi connectivity index (χ2v) is 6.59. The highest BCUT2D eigenvalue weighted by Crippen LogP contribution is 2.30. The molecule has 0 amide bonds. The highest BCUT2D eigenvalue weighted by molar-refractivity contribution is 8.00. The van der Waals surface area contributed by atoms with Crippen molar-refractivity contribution in [2.24, 2.45) is 0 Å². The second kappa shape index (κ2) is 6.98. The summed E-state index contributed by atoms with van der Waals surface area (Å²) in [6.45, 7) is 8.36. The molecule has 0 radical (unpaired) electrons. The average molecular weight is 280 g/mol. The van der Waals surface area contributed by atoms with E-state index in [0.717, 1.165) is 30.0 Å². The Balaban J connectivity index is 2.11. The second-order valence-electron chi connectivity index (χ2n) is 5.19. The SMILES string of the molecule is CCNc1ncnc(NCC2CCCS2)c1C(C)C. The third kappa shape index (κ3) is 3.75. The first-order valence-electron chi connectivity index (χ1n) is 7.16. The molecule has 1 aliphatic heterocycles. The number of hydrogen-bond donors (Lipinski definition) is 2. The first-order valence-corrected chi connectivity index (χ1v) is 8.21. The van der Waals surface area contributed by atoms with Crippen LogP contribution in [0.5, 0.6) is 0 Å². The maximum absolute atomic E-state index is 4.43. The molecule has 1 aromatic heterocycles. The molecule has 1 aliphatic rings. The van der Waals surface area contributed by atoms with Crippen molar-refractivity contribution in [3.8, 4) is 0 Å². The van der Waals surface area contributed by atoms with Gasteiger partial charge in [0.15, 0.2) is 0 Å². The smallest absolute Gasteiger partial charge is 0.135 e. The quantitative estimate of drug-likeness (QED) is 0.837. The van der Waals surface area contributed by atoms with E-state index < -0.39 is 0 Å². The standard InChI is InChI=1S/C14H24N4S/c1-4-15-13-12(10(2)3)14(18-9-17-13)16-8-11-6-5-7-19-11/h9-11H,4-8H2,1-3H3,(H2,15,16,17,18). The molecule has 0 aliphatic carbocycles. The molecule has 1 unspecified atom stereocenters. The van der Waals surface area contributed by atoms with Crippen molar-refractivity contribution >= 4 is 23.4 Å². The molecule has 0 aromatic carbocycles. The van der Waals surface area contributed by atoms with Crippen LogP contribution in [0.2, 0.25) is 0 Å². The molecular formula is C14H24N4S. The Morgan fingerprint density at radius 3 is 2.63 bits per heavy atom. The van der Waals surface area contributed by atoms with Gasteiger partial charge in [0, 0.05) is 23.9 Å². The minimum Gasteiger partial charge on any atom is -0.370 e. The topological polar surface area (TPSA) is 49.8 Å². The first kappa shape index (κ1) is 14.4. The van der Waals surface area contributed by atoms with Crippen molar-refractivity contribution in [1.29, 1.82) is 0 Å². The maximum Gasteiger partial charge on any atom is 0.135 e. The summed E-state index contributed by atoms with van der Waals surface area (Å²) >= 11 is 2.07. The molecule has 1 fully saturated rings. The summed E-state index contributed by atoms with van der Waals surface area (Å²) in [5.74, 6) is 3.67.